The first-order chi connectivity index (χ1) is 6.68. The van der Waals surface area contributed by atoms with Gasteiger partial charge < -0.3 is 5.32 Å². The van der Waals surface area contributed by atoms with Crippen molar-refractivity contribution in [3.63, 3.8) is 0 Å². The van der Waals surface area contributed by atoms with Crippen LogP contribution in [0.4, 0.5) is 4.39 Å². The number of hydrogen-bond donors (Lipinski definition) is 1. The second-order valence-corrected chi connectivity index (χ2v) is 5.26. The maximum absolute atomic E-state index is 13.7. The smallest absolute Gasteiger partial charge is 0.131 e. The van der Waals surface area contributed by atoms with E-state index in [2.05, 4.69) is 12.2 Å². The number of nitrogens with one attached hydrogen (secondary N) is 1. The zero-order chi connectivity index (χ0) is 10.1. The molecule has 1 aliphatic rings. The first-order valence-electron chi connectivity index (χ1n) is 4.82. The predicted molar refractivity (Wildman–Crippen MR) is 58.9 cm³/mol. The Balaban J connectivity index is 2.28. The van der Waals surface area contributed by atoms with Crippen molar-refractivity contribution >= 4 is 11.8 Å². The molecule has 0 radical (unpaired) electrons. The third-order valence-corrected chi connectivity index (χ3v) is 3.79. The van der Waals surface area contributed by atoms with Gasteiger partial charge in [0.15, 0.2) is 0 Å². The van der Waals surface area contributed by atoms with Gasteiger partial charge in [-0.05, 0) is 12.5 Å². The maximum Gasteiger partial charge on any atom is 0.131 e. The van der Waals surface area contributed by atoms with Crippen molar-refractivity contribution in [1.29, 1.82) is 0 Å². The van der Waals surface area contributed by atoms with Crippen LogP contribution in [0.15, 0.2) is 18.2 Å². The van der Waals surface area contributed by atoms with Crippen LogP contribution in [-0.2, 0) is 0 Å². The Hall–Kier alpha value is -0.540. The minimum absolute atomic E-state index is 0.0633. The minimum Gasteiger partial charge on any atom is -0.300 e. The monoisotopic (exact) mass is 211 g/mol. The normalized spacial score (nSPS) is 26.8. The fraction of sp³-hybridized carbons (Fsp3) is 0.455. The summed E-state index contributed by atoms with van der Waals surface area (Å²) in [5.74, 6) is -0.0633. The highest BCUT2D eigenvalue weighted by Crippen LogP contribution is 2.36. The molecule has 1 aromatic rings. The maximum atomic E-state index is 13.7. The average molecular weight is 211 g/mol. The Labute approximate surface area is 88.1 Å². The molecule has 0 saturated carbocycles. The summed E-state index contributed by atoms with van der Waals surface area (Å²) >= 11 is 1.79. The molecule has 0 aromatic heterocycles. The Morgan fingerprint density at radius 1 is 1.50 bits per heavy atom. The third-order valence-electron chi connectivity index (χ3n) is 2.46. The van der Waals surface area contributed by atoms with Gasteiger partial charge in [0.2, 0.25) is 0 Å². The van der Waals surface area contributed by atoms with Crippen LogP contribution in [0.25, 0.3) is 0 Å². The molecule has 1 heterocycles. The van der Waals surface area contributed by atoms with Gasteiger partial charge in [0.1, 0.15) is 5.82 Å². The van der Waals surface area contributed by atoms with Gasteiger partial charge in [-0.15, -0.1) is 11.8 Å². The molecule has 1 nitrogen and oxygen atoms in total. The summed E-state index contributed by atoms with van der Waals surface area (Å²) in [4.78, 5) is 0. The Bertz CT molecular complexity index is 340. The molecule has 3 heteroatoms. The lowest BCUT2D eigenvalue weighted by molar-refractivity contribution is 0.585. The lowest BCUT2D eigenvalue weighted by Crippen LogP contribution is -2.15. The van der Waals surface area contributed by atoms with E-state index in [1.54, 1.807) is 11.8 Å². The fourth-order valence-electron chi connectivity index (χ4n) is 1.66. The molecule has 0 aliphatic carbocycles. The minimum atomic E-state index is -0.0633. The fourth-order valence-corrected chi connectivity index (χ4v) is 2.84. The van der Waals surface area contributed by atoms with Gasteiger partial charge in [0.05, 0.1) is 5.37 Å². The summed E-state index contributed by atoms with van der Waals surface area (Å²) in [5, 5.41) is 4.01. The number of halogens is 1. The molecule has 1 aromatic carbocycles. The van der Waals surface area contributed by atoms with Crippen molar-refractivity contribution in [3.8, 4) is 0 Å². The van der Waals surface area contributed by atoms with E-state index in [0.29, 0.717) is 5.25 Å². The van der Waals surface area contributed by atoms with Gasteiger partial charge in [-0.2, -0.15) is 0 Å². The van der Waals surface area contributed by atoms with Gasteiger partial charge >= 0.3 is 0 Å². The van der Waals surface area contributed by atoms with Crippen molar-refractivity contribution in [1.82, 2.24) is 5.32 Å². The summed E-state index contributed by atoms with van der Waals surface area (Å²) in [5.41, 5.74) is 1.52. The van der Waals surface area contributed by atoms with E-state index in [-0.39, 0.29) is 11.2 Å². The van der Waals surface area contributed by atoms with Crippen molar-refractivity contribution < 1.29 is 4.39 Å². The quantitative estimate of drug-likeness (QED) is 0.766. The van der Waals surface area contributed by atoms with E-state index in [9.17, 15) is 4.39 Å². The highest BCUT2D eigenvalue weighted by molar-refractivity contribution is 8.00. The molecule has 1 aliphatic heterocycles. The van der Waals surface area contributed by atoms with Crippen LogP contribution in [-0.4, -0.2) is 11.8 Å². The van der Waals surface area contributed by atoms with Crippen molar-refractivity contribution in [2.24, 2.45) is 0 Å². The zero-order valence-corrected chi connectivity index (χ0v) is 9.20. The second kappa shape index (κ2) is 3.91. The molecule has 1 saturated heterocycles. The average Bonchev–Trinajstić information content (AvgIpc) is 2.57. The van der Waals surface area contributed by atoms with Crippen LogP contribution in [0.2, 0.25) is 0 Å². The summed E-state index contributed by atoms with van der Waals surface area (Å²) in [6.45, 7) is 4.93. The summed E-state index contributed by atoms with van der Waals surface area (Å²) in [6.07, 6.45) is 0. The standard InChI is InChI=1S/C11H14FNS/c1-7-4-3-5-9(10(7)12)11-13-6-8(2)14-11/h3-5,8,11,13H,6H2,1-2H3. The summed E-state index contributed by atoms with van der Waals surface area (Å²) in [7, 11) is 0. The molecule has 1 N–H and O–H groups in total. The molecule has 76 valence electrons. The molecule has 2 rings (SSSR count). The molecule has 0 bridgehead atoms. The van der Waals surface area contributed by atoms with Gasteiger partial charge in [-0.1, -0.05) is 25.1 Å². The van der Waals surface area contributed by atoms with Crippen molar-refractivity contribution in [3.05, 3.63) is 35.1 Å². The molecule has 14 heavy (non-hydrogen) atoms. The van der Waals surface area contributed by atoms with E-state index >= 15 is 0 Å². The van der Waals surface area contributed by atoms with E-state index in [0.717, 1.165) is 17.7 Å². The molecule has 0 spiro atoms. The number of hydrogen-bond acceptors (Lipinski definition) is 2. The lowest BCUT2D eigenvalue weighted by atomic mass is 10.1. The molecule has 0 amide bonds. The summed E-state index contributed by atoms with van der Waals surface area (Å²) in [6, 6.07) is 5.59. The van der Waals surface area contributed by atoms with Gasteiger partial charge in [-0.25, -0.2) is 4.39 Å². The molecule has 2 atom stereocenters. The predicted octanol–water partition coefficient (Wildman–Crippen LogP) is 2.86. The van der Waals surface area contributed by atoms with Gasteiger partial charge in [-0.3, -0.25) is 0 Å². The zero-order valence-electron chi connectivity index (χ0n) is 8.38. The summed E-state index contributed by atoms with van der Waals surface area (Å²) < 4.78 is 13.7. The van der Waals surface area contributed by atoms with Crippen LogP contribution in [0.1, 0.15) is 23.4 Å². The number of benzene rings is 1. The largest absolute Gasteiger partial charge is 0.300 e. The van der Waals surface area contributed by atoms with Crippen LogP contribution in [0, 0.1) is 12.7 Å². The molecule has 1 fully saturated rings. The Morgan fingerprint density at radius 2 is 2.29 bits per heavy atom. The van der Waals surface area contributed by atoms with Crippen molar-refractivity contribution in [2.75, 3.05) is 6.54 Å². The highest BCUT2D eigenvalue weighted by Gasteiger charge is 2.25. The lowest BCUT2D eigenvalue weighted by Gasteiger charge is -2.12. The molecular formula is C11H14FNS. The molecular weight excluding hydrogens is 197 g/mol. The van der Waals surface area contributed by atoms with Crippen LogP contribution < -0.4 is 5.32 Å². The van der Waals surface area contributed by atoms with Crippen LogP contribution in [0.3, 0.4) is 0 Å². The van der Waals surface area contributed by atoms with Gasteiger partial charge in [0, 0.05) is 17.4 Å². The Kier molecular flexibility index (Phi) is 2.79. The van der Waals surface area contributed by atoms with E-state index < -0.39 is 0 Å². The number of rotatable bonds is 1. The first kappa shape index (κ1) is 9.99. The first-order valence-corrected chi connectivity index (χ1v) is 5.76. The Morgan fingerprint density at radius 3 is 2.93 bits per heavy atom. The number of thioether (sulfide) groups is 1. The molecule has 2 unspecified atom stereocenters. The van der Waals surface area contributed by atoms with E-state index in [4.69, 9.17) is 0 Å². The van der Waals surface area contributed by atoms with E-state index in [1.165, 1.54) is 0 Å². The van der Waals surface area contributed by atoms with Crippen molar-refractivity contribution in [2.45, 2.75) is 24.5 Å². The second-order valence-electron chi connectivity index (χ2n) is 3.71. The third kappa shape index (κ3) is 1.79. The topological polar surface area (TPSA) is 12.0 Å². The SMILES string of the molecule is Cc1cccc(C2NCC(C)S2)c1F. The number of aryl methyl sites for hydroxylation is 1. The van der Waals surface area contributed by atoms with Gasteiger partial charge in [0.25, 0.3) is 0 Å². The van der Waals surface area contributed by atoms with E-state index in [1.807, 2.05) is 25.1 Å². The highest BCUT2D eigenvalue weighted by atomic mass is 32.2. The van der Waals surface area contributed by atoms with Crippen LogP contribution in [0.5, 0.6) is 0 Å². The van der Waals surface area contributed by atoms with Crippen LogP contribution >= 0.6 is 11.8 Å².